The highest BCUT2D eigenvalue weighted by Gasteiger charge is 1.96. The highest BCUT2D eigenvalue weighted by atomic mass is 16.9. The van der Waals surface area contributed by atoms with Crippen molar-refractivity contribution in [3.63, 3.8) is 0 Å². The summed E-state index contributed by atoms with van der Waals surface area (Å²) in [6, 6.07) is 0. The molecule has 1 N–H and O–H groups in total. The summed E-state index contributed by atoms with van der Waals surface area (Å²) in [4.78, 5) is 4.76. The molecule has 0 aromatic carbocycles. The third kappa shape index (κ3) is 4.05. The Morgan fingerprint density at radius 1 is 1.62 bits per heavy atom. The zero-order valence-corrected chi connectivity index (χ0v) is 5.60. The van der Waals surface area contributed by atoms with Crippen LogP contribution in [0, 0.1) is 5.21 Å². The number of quaternary nitrogens is 1. The van der Waals surface area contributed by atoms with Crippen LogP contribution in [0.1, 0.15) is 20.8 Å². The van der Waals surface area contributed by atoms with E-state index in [0.717, 1.165) is 0 Å². The van der Waals surface area contributed by atoms with Gasteiger partial charge in [0.05, 0.1) is 0 Å². The van der Waals surface area contributed by atoms with E-state index in [1.165, 1.54) is 0 Å². The minimum absolute atomic E-state index is 0.0300. The van der Waals surface area contributed by atoms with Gasteiger partial charge in [-0.3, -0.25) is 0 Å². The Kier molecular flexibility index (Phi) is 3.77. The third-order valence-electron chi connectivity index (χ3n) is 0.656. The smallest absolute Gasteiger partial charge is 0.112 e. The molecule has 0 aromatic heterocycles. The summed E-state index contributed by atoms with van der Waals surface area (Å²) in [7, 11) is 0. The average molecular weight is 119 g/mol. The van der Waals surface area contributed by atoms with Crippen LogP contribution in [0.4, 0.5) is 0 Å². The van der Waals surface area contributed by atoms with Gasteiger partial charge in [-0.25, -0.2) is 10.1 Å². The van der Waals surface area contributed by atoms with Gasteiger partial charge in [0.25, 0.3) is 0 Å². The van der Waals surface area contributed by atoms with E-state index in [1.807, 2.05) is 13.8 Å². The Hall–Kier alpha value is -0.120. The summed E-state index contributed by atoms with van der Waals surface area (Å²) in [6.45, 7) is 5.93. The number of rotatable bonds is 3. The molecule has 0 fully saturated rings. The Labute approximate surface area is 49.8 Å². The van der Waals surface area contributed by atoms with Crippen LogP contribution >= 0.6 is 0 Å². The van der Waals surface area contributed by atoms with E-state index in [4.69, 9.17) is 4.84 Å². The van der Waals surface area contributed by atoms with Crippen LogP contribution in [0.25, 0.3) is 0 Å². The van der Waals surface area contributed by atoms with Crippen LogP contribution in [0.5, 0.6) is 0 Å². The fraction of sp³-hybridized carbons (Fsp3) is 1.00. The fourth-order valence-corrected chi connectivity index (χ4v) is 0.346. The lowest BCUT2D eigenvalue weighted by Crippen LogP contribution is -3.06. The molecule has 50 valence electrons. The second-order valence-electron chi connectivity index (χ2n) is 1.89. The maximum atomic E-state index is 10.4. The predicted molar refractivity (Wildman–Crippen MR) is 31.1 cm³/mol. The largest absolute Gasteiger partial charge is 0.600 e. The molecule has 8 heavy (non-hydrogen) atoms. The van der Waals surface area contributed by atoms with E-state index < -0.39 is 0 Å². The van der Waals surface area contributed by atoms with Crippen molar-refractivity contribution in [2.45, 2.75) is 26.9 Å². The minimum Gasteiger partial charge on any atom is -0.600 e. The van der Waals surface area contributed by atoms with E-state index in [0.29, 0.717) is 6.54 Å². The Morgan fingerprint density at radius 2 is 2.12 bits per heavy atom. The van der Waals surface area contributed by atoms with E-state index in [9.17, 15) is 5.21 Å². The number of nitrogens with one attached hydrogen (secondary N) is 1. The van der Waals surface area contributed by atoms with Crippen molar-refractivity contribution < 1.29 is 10.1 Å². The number of hydrogen-bond acceptors (Lipinski definition) is 2. The second kappa shape index (κ2) is 3.83. The van der Waals surface area contributed by atoms with Crippen molar-refractivity contribution in [1.82, 2.24) is 0 Å². The molecule has 0 aromatic rings. The quantitative estimate of drug-likeness (QED) is 0.519. The SMILES string of the molecule is CC[NH+]([O-])OC(C)C. The van der Waals surface area contributed by atoms with Crippen LogP contribution < -0.4 is 5.23 Å². The molecule has 0 radical (unpaired) electrons. The molecule has 0 aliphatic rings. The first-order valence-electron chi connectivity index (χ1n) is 2.86. The molecule has 0 bridgehead atoms. The molecule has 3 heteroatoms. The Bertz CT molecular complexity index is 56.4. The maximum Gasteiger partial charge on any atom is 0.112 e. The summed E-state index contributed by atoms with van der Waals surface area (Å²) in [5, 5.41) is 10.3. The fourth-order valence-electron chi connectivity index (χ4n) is 0.346. The normalized spacial score (nSPS) is 14.6. The van der Waals surface area contributed by atoms with Crippen molar-refractivity contribution in [3.05, 3.63) is 5.21 Å². The molecule has 0 aliphatic carbocycles. The van der Waals surface area contributed by atoms with E-state index in [-0.39, 0.29) is 11.3 Å². The van der Waals surface area contributed by atoms with Crippen LogP contribution in [-0.4, -0.2) is 12.6 Å². The molecular formula is C5H13NO2. The molecule has 0 rings (SSSR count). The Morgan fingerprint density at radius 3 is 2.25 bits per heavy atom. The monoisotopic (exact) mass is 119 g/mol. The zero-order valence-electron chi connectivity index (χ0n) is 5.60. The van der Waals surface area contributed by atoms with Crippen molar-refractivity contribution in [1.29, 1.82) is 0 Å². The summed E-state index contributed by atoms with van der Waals surface area (Å²) in [5.74, 6) is 0. The summed E-state index contributed by atoms with van der Waals surface area (Å²) >= 11 is 0. The molecule has 0 aliphatic heterocycles. The summed E-state index contributed by atoms with van der Waals surface area (Å²) in [6.07, 6.45) is 0.0300. The van der Waals surface area contributed by atoms with Crippen molar-refractivity contribution in [2.75, 3.05) is 6.54 Å². The van der Waals surface area contributed by atoms with Gasteiger partial charge in [-0.1, -0.05) is 0 Å². The predicted octanol–water partition coefficient (Wildman–Crippen LogP) is -0.271. The summed E-state index contributed by atoms with van der Waals surface area (Å²) in [5.41, 5.74) is 0. The topological polar surface area (TPSA) is 36.7 Å². The van der Waals surface area contributed by atoms with E-state index >= 15 is 0 Å². The van der Waals surface area contributed by atoms with Gasteiger partial charge >= 0.3 is 0 Å². The first kappa shape index (κ1) is 7.88. The lowest BCUT2D eigenvalue weighted by Gasteiger charge is -2.19. The van der Waals surface area contributed by atoms with Gasteiger partial charge in [0.1, 0.15) is 12.6 Å². The number of hydrogen-bond donors (Lipinski definition) is 1. The molecule has 0 saturated heterocycles. The van der Waals surface area contributed by atoms with Crippen LogP contribution in [-0.2, 0) is 4.84 Å². The third-order valence-corrected chi connectivity index (χ3v) is 0.656. The average Bonchev–Trinajstić information content (AvgIpc) is 1.65. The lowest BCUT2D eigenvalue weighted by molar-refractivity contribution is -1.06. The molecule has 1 atom stereocenters. The van der Waals surface area contributed by atoms with Crippen molar-refractivity contribution in [2.24, 2.45) is 0 Å². The summed E-state index contributed by atoms with van der Waals surface area (Å²) < 4.78 is 0. The first-order chi connectivity index (χ1) is 3.66. The molecule has 0 saturated carbocycles. The van der Waals surface area contributed by atoms with Gasteiger partial charge in [-0.15, -0.1) is 0 Å². The molecular weight excluding hydrogens is 106 g/mol. The molecule has 0 heterocycles. The van der Waals surface area contributed by atoms with Gasteiger partial charge in [0, 0.05) is 0 Å². The van der Waals surface area contributed by atoms with Gasteiger partial charge in [-0.2, -0.15) is 0 Å². The van der Waals surface area contributed by atoms with Crippen LogP contribution in [0.3, 0.4) is 0 Å². The molecule has 0 amide bonds. The zero-order chi connectivity index (χ0) is 6.57. The van der Waals surface area contributed by atoms with Gasteiger partial charge in [0.2, 0.25) is 0 Å². The van der Waals surface area contributed by atoms with E-state index in [1.54, 1.807) is 6.92 Å². The van der Waals surface area contributed by atoms with Crippen molar-refractivity contribution >= 4 is 0 Å². The van der Waals surface area contributed by atoms with Crippen LogP contribution in [0.15, 0.2) is 0 Å². The standard InChI is InChI=1S/C5H13NO2/c1-4-6(7)8-5(2)3/h5-6H,4H2,1-3H3. The molecule has 3 nitrogen and oxygen atoms in total. The number of hydroxylamine groups is 2. The van der Waals surface area contributed by atoms with Gasteiger partial charge in [0.15, 0.2) is 0 Å². The second-order valence-corrected chi connectivity index (χ2v) is 1.89. The Balaban J connectivity index is 3.10. The van der Waals surface area contributed by atoms with Crippen molar-refractivity contribution in [3.8, 4) is 0 Å². The van der Waals surface area contributed by atoms with E-state index in [2.05, 4.69) is 0 Å². The highest BCUT2D eigenvalue weighted by Crippen LogP contribution is 1.76. The highest BCUT2D eigenvalue weighted by molar-refractivity contribution is 4.25. The molecule has 0 spiro atoms. The first-order valence-corrected chi connectivity index (χ1v) is 2.86. The maximum absolute atomic E-state index is 10.4. The minimum atomic E-state index is -0.125. The van der Waals surface area contributed by atoms with Gasteiger partial charge in [-0.05, 0) is 20.8 Å². The lowest BCUT2D eigenvalue weighted by atomic mass is 10.5. The van der Waals surface area contributed by atoms with Crippen LogP contribution in [0.2, 0.25) is 0 Å². The van der Waals surface area contributed by atoms with Gasteiger partial charge < -0.3 is 5.21 Å². The molecule has 1 unspecified atom stereocenters.